The van der Waals surface area contributed by atoms with E-state index in [0.29, 0.717) is 5.70 Å². The summed E-state index contributed by atoms with van der Waals surface area (Å²) < 4.78 is 0. The molecular weight excluding hydrogens is 386 g/mol. The summed E-state index contributed by atoms with van der Waals surface area (Å²) in [7, 11) is 0. The molecule has 170 valence electrons. The van der Waals surface area contributed by atoms with Crippen LogP contribution < -0.4 is 5.73 Å². The van der Waals surface area contributed by atoms with Gasteiger partial charge in [0.15, 0.2) is 0 Å². The lowest BCUT2D eigenvalue weighted by atomic mass is 9.86. The van der Waals surface area contributed by atoms with Crippen molar-refractivity contribution in [3.8, 4) is 0 Å². The van der Waals surface area contributed by atoms with E-state index in [9.17, 15) is 0 Å². The third-order valence-electron chi connectivity index (χ3n) is 5.88. The second-order valence-corrected chi connectivity index (χ2v) is 9.40. The average molecular weight is 428 g/mol. The van der Waals surface area contributed by atoms with Crippen LogP contribution in [0.3, 0.4) is 0 Å². The molecule has 0 aliphatic rings. The first-order valence-corrected chi connectivity index (χ1v) is 11.9. The molecule has 3 rings (SSSR count). The molecule has 32 heavy (non-hydrogen) atoms. The van der Waals surface area contributed by atoms with E-state index >= 15 is 0 Å². The first kappa shape index (κ1) is 25.5. The first-order valence-electron chi connectivity index (χ1n) is 11.9. The third-order valence-corrected chi connectivity index (χ3v) is 5.88. The van der Waals surface area contributed by atoms with Gasteiger partial charge in [-0.1, -0.05) is 108 Å². The molecule has 0 aliphatic carbocycles. The highest BCUT2D eigenvalue weighted by Crippen LogP contribution is 2.23. The van der Waals surface area contributed by atoms with E-state index in [-0.39, 0.29) is 5.41 Å². The predicted molar refractivity (Wildman–Crippen MR) is 142 cm³/mol. The van der Waals surface area contributed by atoms with Gasteiger partial charge < -0.3 is 5.73 Å². The van der Waals surface area contributed by atoms with E-state index in [2.05, 4.69) is 101 Å². The Labute approximate surface area is 196 Å². The molecule has 3 aromatic rings. The fraction of sp³-hybridized carbons (Fsp3) is 0.355. The molecule has 0 saturated carbocycles. The molecule has 1 heteroatoms. The number of nitrogens with two attached hydrogens (primary N) is 1. The Morgan fingerprint density at radius 2 is 1.28 bits per heavy atom. The Morgan fingerprint density at radius 1 is 0.750 bits per heavy atom. The van der Waals surface area contributed by atoms with Crippen molar-refractivity contribution in [2.24, 2.45) is 5.73 Å². The minimum absolute atomic E-state index is 0.209. The van der Waals surface area contributed by atoms with E-state index in [1.807, 2.05) is 13.8 Å². The third kappa shape index (κ3) is 7.12. The number of hydrogen-bond acceptors (Lipinski definition) is 1. The van der Waals surface area contributed by atoms with Crippen LogP contribution >= 0.6 is 0 Å². The fourth-order valence-corrected chi connectivity index (χ4v) is 4.08. The summed E-state index contributed by atoms with van der Waals surface area (Å²) in [6.07, 6.45) is 4.13. The van der Waals surface area contributed by atoms with Gasteiger partial charge in [0.2, 0.25) is 0 Å². The molecule has 0 saturated heterocycles. The maximum absolute atomic E-state index is 6.04. The Bertz CT molecular complexity index is 1000. The van der Waals surface area contributed by atoms with Gasteiger partial charge in [0.25, 0.3) is 0 Å². The summed E-state index contributed by atoms with van der Waals surface area (Å²) in [5, 5.41) is 0. The van der Waals surface area contributed by atoms with Gasteiger partial charge in [0, 0.05) is 11.3 Å². The first-order chi connectivity index (χ1) is 15.2. The molecule has 0 atom stereocenters. The molecule has 0 unspecified atom stereocenters. The molecule has 0 aliphatic heterocycles. The second kappa shape index (κ2) is 11.7. The number of hydrogen-bond donors (Lipinski definition) is 1. The highest BCUT2D eigenvalue weighted by atomic mass is 14.6. The summed E-state index contributed by atoms with van der Waals surface area (Å²) in [5.74, 6) is 0. The fourth-order valence-electron chi connectivity index (χ4n) is 4.08. The number of aryl methyl sites for hydroxylation is 5. The van der Waals surface area contributed by atoms with Crippen LogP contribution in [0, 0.1) is 6.92 Å². The molecule has 2 N–H and O–H groups in total. The average Bonchev–Trinajstić information content (AvgIpc) is 2.77. The maximum atomic E-state index is 6.04. The summed E-state index contributed by atoms with van der Waals surface area (Å²) >= 11 is 0. The lowest BCUT2D eigenvalue weighted by molar-refractivity contribution is 0.590. The van der Waals surface area contributed by atoms with Crippen LogP contribution in [0.5, 0.6) is 0 Å². The lowest BCUT2D eigenvalue weighted by Crippen LogP contribution is -2.10. The minimum atomic E-state index is 0.209. The number of rotatable bonds is 7. The van der Waals surface area contributed by atoms with Gasteiger partial charge in [-0.05, 0) is 71.4 Å². The van der Waals surface area contributed by atoms with E-state index in [1.165, 1.54) is 33.4 Å². The molecule has 0 fully saturated rings. The zero-order valence-electron chi connectivity index (χ0n) is 21.0. The van der Waals surface area contributed by atoms with Crippen LogP contribution in [-0.2, 0) is 31.1 Å². The molecule has 0 bridgehead atoms. The smallest absolute Gasteiger partial charge is 0.0320 e. The molecule has 0 amide bonds. The summed E-state index contributed by atoms with van der Waals surface area (Å²) in [5.41, 5.74) is 16.1. The van der Waals surface area contributed by atoms with Crippen LogP contribution in [0.15, 0.2) is 73.3 Å². The maximum Gasteiger partial charge on any atom is 0.0320 e. The molecule has 3 aromatic carbocycles. The molecule has 0 aromatic heterocycles. The highest BCUT2D eigenvalue weighted by molar-refractivity contribution is 5.66. The van der Waals surface area contributed by atoms with Gasteiger partial charge >= 0.3 is 0 Å². The van der Waals surface area contributed by atoms with Crippen LogP contribution in [0.4, 0.5) is 0 Å². The number of benzene rings is 3. The zero-order chi connectivity index (χ0) is 23.7. The van der Waals surface area contributed by atoms with Crippen LogP contribution in [-0.4, -0.2) is 0 Å². The lowest BCUT2D eigenvalue weighted by Gasteiger charge is -2.19. The normalized spacial score (nSPS) is 10.9. The largest absolute Gasteiger partial charge is 0.399 e. The zero-order valence-corrected chi connectivity index (χ0v) is 21.0. The van der Waals surface area contributed by atoms with Crippen molar-refractivity contribution < 1.29 is 0 Å². The Morgan fingerprint density at radius 3 is 1.84 bits per heavy atom. The molecular formula is C31H41N. The Balaban J connectivity index is 0.00000176. The van der Waals surface area contributed by atoms with Gasteiger partial charge in [-0.2, -0.15) is 0 Å². The van der Waals surface area contributed by atoms with Crippen molar-refractivity contribution in [1.82, 2.24) is 0 Å². The quantitative estimate of drug-likeness (QED) is 0.408. The van der Waals surface area contributed by atoms with Crippen molar-refractivity contribution in [1.29, 1.82) is 0 Å². The Hall–Kier alpha value is -2.80. The summed E-state index contributed by atoms with van der Waals surface area (Å²) in [4.78, 5) is 0. The van der Waals surface area contributed by atoms with E-state index < -0.39 is 0 Å². The molecule has 1 nitrogen and oxygen atoms in total. The van der Waals surface area contributed by atoms with Crippen LogP contribution in [0.1, 0.15) is 73.6 Å². The van der Waals surface area contributed by atoms with Gasteiger partial charge in [-0.25, -0.2) is 0 Å². The van der Waals surface area contributed by atoms with Gasteiger partial charge in [-0.3, -0.25) is 0 Å². The van der Waals surface area contributed by atoms with Crippen molar-refractivity contribution in [2.45, 2.75) is 72.6 Å². The van der Waals surface area contributed by atoms with Gasteiger partial charge in [0.05, 0.1) is 0 Å². The van der Waals surface area contributed by atoms with Crippen molar-refractivity contribution in [2.75, 3.05) is 0 Å². The van der Waals surface area contributed by atoms with Gasteiger partial charge in [0.1, 0.15) is 0 Å². The summed E-state index contributed by atoms with van der Waals surface area (Å²) in [6.45, 7) is 16.8. The monoisotopic (exact) mass is 427 g/mol. The van der Waals surface area contributed by atoms with E-state index in [0.717, 1.165) is 31.2 Å². The Kier molecular flexibility index (Phi) is 9.32. The molecule has 0 heterocycles. The predicted octanol–water partition coefficient (Wildman–Crippen LogP) is 7.82. The van der Waals surface area contributed by atoms with Crippen molar-refractivity contribution in [3.05, 3.63) is 112 Å². The van der Waals surface area contributed by atoms with Gasteiger partial charge in [-0.15, -0.1) is 0 Å². The van der Waals surface area contributed by atoms with Crippen molar-refractivity contribution in [3.63, 3.8) is 0 Å². The van der Waals surface area contributed by atoms with Crippen LogP contribution in [0.25, 0.3) is 5.70 Å². The SMILES string of the molecule is C=C(N)c1c(C)cccc1CCc1cccc(CCc2ccc(C(C)(C)C)cc2)c1.CC. The van der Waals surface area contributed by atoms with Crippen molar-refractivity contribution >= 4 is 5.70 Å². The molecule has 0 radical (unpaired) electrons. The van der Waals surface area contributed by atoms with E-state index in [4.69, 9.17) is 5.73 Å². The van der Waals surface area contributed by atoms with E-state index in [1.54, 1.807) is 0 Å². The standard InChI is InChI=1S/C29H35N.C2H6/c1-21-8-6-11-26(28(21)22(2)30)17-14-25-10-7-9-24(20-25)13-12-23-15-18-27(19-16-23)29(3,4)5;1-2/h6-11,15-16,18-20H,2,12-14,17,30H2,1,3-5H3;1-2H3. The highest BCUT2D eigenvalue weighted by Gasteiger charge is 2.12. The topological polar surface area (TPSA) is 26.0 Å². The minimum Gasteiger partial charge on any atom is -0.399 e. The summed E-state index contributed by atoms with van der Waals surface area (Å²) in [6, 6.07) is 24.5. The second-order valence-electron chi connectivity index (χ2n) is 9.40. The van der Waals surface area contributed by atoms with Crippen LogP contribution in [0.2, 0.25) is 0 Å². The molecule has 0 spiro atoms.